The van der Waals surface area contributed by atoms with Crippen molar-refractivity contribution in [1.29, 1.82) is 0 Å². The molecule has 1 fully saturated rings. The first-order valence-electron chi connectivity index (χ1n) is 10.2. The molecule has 3 N–H and O–H groups in total. The van der Waals surface area contributed by atoms with Crippen LogP contribution in [0.25, 0.3) is 22.2 Å². The quantitative estimate of drug-likeness (QED) is 0.390. The highest BCUT2D eigenvalue weighted by Gasteiger charge is 2.22. The summed E-state index contributed by atoms with van der Waals surface area (Å²) in [6, 6.07) is 7.01. The van der Waals surface area contributed by atoms with Crippen LogP contribution in [0, 0.1) is 0 Å². The highest BCUT2D eigenvalue weighted by molar-refractivity contribution is 5.98. The largest absolute Gasteiger partial charge is 0.495 e. The Kier molecular flexibility index (Phi) is 5.45. The maximum absolute atomic E-state index is 12.4. The summed E-state index contributed by atoms with van der Waals surface area (Å²) in [6.07, 6.45) is 5.10. The van der Waals surface area contributed by atoms with Crippen molar-refractivity contribution in [3.8, 4) is 22.8 Å². The summed E-state index contributed by atoms with van der Waals surface area (Å²) in [6.45, 7) is 1.06. The SMILES string of the molecule is COc1cc(C(=O)NC2COC2)ccc1Nc1nc(OC)c2c(-c3ccnnc3)c[nH]c2n1. The van der Waals surface area contributed by atoms with Gasteiger partial charge in [0.1, 0.15) is 11.4 Å². The summed E-state index contributed by atoms with van der Waals surface area (Å²) < 4.78 is 16.1. The van der Waals surface area contributed by atoms with E-state index in [-0.39, 0.29) is 11.9 Å². The topological polar surface area (TPSA) is 136 Å². The highest BCUT2D eigenvalue weighted by atomic mass is 16.5. The van der Waals surface area contributed by atoms with Gasteiger partial charge < -0.3 is 29.8 Å². The molecule has 168 valence electrons. The fourth-order valence-corrected chi connectivity index (χ4v) is 3.53. The molecular formula is C22H21N7O4. The van der Waals surface area contributed by atoms with Crippen molar-refractivity contribution in [2.45, 2.75) is 6.04 Å². The van der Waals surface area contributed by atoms with Gasteiger partial charge in [-0.25, -0.2) is 0 Å². The van der Waals surface area contributed by atoms with Crippen molar-refractivity contribution >= 4 is 28.6 Å². The van der Waals surface area contributed by atoms with E-state index in [0.717, 1.165) is 16.5 Å². The number of benzene rings is 1. The third-order valence-electron chi connectivity index (χ3n) is 5.27. The van der Waals surface area contributed by atoms with E-state index in [2.05, 4.69) is 35.8 Å². The van der Waals surface area contributed by atoms with Crippen LogP contribution in [0.3, 0.4) is 0 Å². The summed E-state index contributed by atoms with van der Waals surface area (Å²) in [5, 5.41) is 14.5. The Morgan fingerprint density at radius 1 is 1.15 bits per heavy atom. The lowest BCUT2D eigenvalue weighted by molar-refractivity contribution is -0.00346. The lowest BCUT2D eigenvalue weighted by atomic mass is 10.1. The second kappa shape index (κ2) is 8.71. The summed E-state index contributed by atoms with van der Waals surface area (Å²) in [7, 11) is 3.08. The molecule has 11 nitrogen and oxygen atoms in total. The zero-order valence-corrected chi connectivity index (χ0v) is 18.0. The molecule has 0 bridgehead atoms. The van der Waals surface area contributed by atoms with Crippen LogP contribution in [0.5, 0.6) is 11.6 Å². The van der Waals surface area contributed by atoms with E-state index in [0.29, 0.717) is 47.7 Å². The number of carbonyl (C=O) groups is 1. The smallest absolute Gasteiger partial charge is 0.251 e. The number of aromatic nitrogens is 5. The van der Waals surface area contributed by atoms with Crippen LogP contribution in [0.2, 0.25) is 0 Å². The van der Waals surface area contributed by atoms with Crippen LogP contribution < -0.4 is 20.1 Å². The first-order chi connectivity index (χ1) is 16.2. The Morgan fingerprint density at radius 3 is 2.73 bits per heavy atom. The molecule has 1 aliphatic heterocycles. The number of ether oxygens (including phenoxy) is 3. The zero-order valence-electron chi connectivity index (χ0n) is 18.0. The number of anilines is 2. The normalized spacial score (nSPS) is 13.4. The van der Waals surface area contributed by atoms with Crippen molar-refractivity contribution in [2.24, 2.45) is 0 Å². The summed E-state index contributed by atoms with van der Waals surface area (Å²) in [4.78, 5) is 24.7. The number of amides is 1. The number of hydrogen-bond acceptors (Lipinski definition) is 9. The Balaban J connectivity index is 1.44. The van der Waals surface area contributed by atoms with Crippen LogP contribution in [-0.2, 0) is 4.74 Å². The van der Waals surface area contributed by atoms with Crippen LogP contribution in [0.4, 0.5) is 11.6 Å². The first-order valence-corrected chi connectivity index (χ1v) is 10.2. The predicted octanol–water partition coefficient (Wildman–Crippen LogP) is 2.30. The maximum Gasteiger partial charge on any atom is 0.251 e. The Hall–Kier alpha value is -4.25. The van der Waals surface area contributed by atoms with E-state index >= 15 is 0 Å². The molecule has 4 heterocycles. The molecule has 3 aromatic heterocycles. The average Bonchev–Trinajstić information content (AvgIpc) is 3.25. The van der Waals surface area contributed by atoms with Gasteiger partial charge in [0.15, 0.2) is 0 Å². The van der Waals surface area contributed by atoms with E-state index in [1.807, 2.05) is 12.3 Å². The van der Waals surface area contributed by atoms with Gasteiger partial charge in [0.25, 0.3) is 5.91 Å². The lowest BCUT2D eigenvalue weighted by Crippen LogP contribution is -2.48. The van der Waals surface area contributed by atoms with Crippen molar-refractivity contribution in [2.75, 3.05) is 32.8 Å². The Labute approximate surface area is 188 Å². The number of hydrogen-bond donors (Lipinski definition) is 3. The highest BCUT2D eigenvalue weighted by Crippen LogP contribution is 2.35. The zero-order chi connectivity index (χ0) is 22.8. The molecule has 11 heteroatoms. The molecule has 33 heavy (non-hydrogen) atoms. The van der Waals surface area contributed by atoms with Crippen LogP contribution in [0.1, 0.15) is 10.4 Å². The van der Waals surface area contributed by atoms with Crippen molar-refractivity contribution in [3.63, 3.8) is 0 Å². The summed E-state index contributed by atoms with van der Waals surface area (Å²) >= 11 is 0. The molecule has 5 rings (SSSR count). The van der Waals surface area contributed by atoms with Crippen molar-refractivity contribution in [1.82, 2.24) is 30.5 Å². The number of rotatable bonds is 7. The molecule has 1 aliphatic rings. The third-order valence-corrected chi connectivity index (χ3v) is 5.27. The Morgan fingerprint density at radius 2 is 2.03 bits per heavy atom. The molecule has 4 aromatic rings. The second-order valence-corrected chi connectivity index (χ2v) is 7.36. The number of fused-ring (bicyclic) bond motifs is 1. The van der Waals surface area contributed by atoms with Crippen LogP contribution in [-0.4, -0.2) is 64.5 Å². The number of nitrogens with zero attached hydrogens (tertiary/aromatic N) is 4. The standard InChI is InChI=1S/C22H21N7O4/c1-31-17-7-12(20(30)26-14-10-33-11-14)3-4-16(17)27-22-28-19-18(21(29-22)32-2)15(9-23-19)13-5-6-24-25-8-13/h3-9,14H,10-11H2,1-2H3,(H,26,30)(H2,23,27,28,29). The maximum atomic E-state index is 12.4. The molecule has 0 atom stereocenters. The molecule has 0 radical (unpaired) electrons. The average molecular weight is 447 g/mol. The van der Waals surface area contributed by atoms with E-state index in [4.69, 9.17) is 14.2 Å². The van der Waals surface area contributed by atoms with Gasteiger partial charge in [-0.15, -0.1) is 0 Å². The molecule has 0 saturated carbocycles. The fourth-order valence-electron chi connectivity index (χ4n) is 3.53. The van der Waals surface area contributed by atoms with Gasteiger partial charge in [0.05, 0.1) is 56.9 Å². The second-order valence-electron chi connectivity index (χ2n) is 7.36. The van der Waals surface area contributed by atoms with Crippen LogP contribution >= 0.6 is 0 Å². The summed E-state index contributed by atoms with van der Waals surface area (Å²) in [5.74, 6) is 0.998. The first kappa shape index (κ1) is 20.6. The lowest BCUT2D eigenvalue weighted by Gasteiger charge is -2.26. The molecule has 1 aromatic carbocycles. The van der Waals surface area contributed by atoms with Gasteiger partial charge in [-0.2, -0.15) is 20.2 Å². The number of nitrogens with one attached hydrogen (secondary N) is 3. The molecule has 0 spiro atoms. The van der Waals surface area contributed by atoms with Gasteiger partial charge in [-0.1, -0.05) is 0 Å². The molecule has 0 aliphatic carbocycles. The Bertz CT molecular complexity index is 1310. The molecule has 1 amide bonds. The van der Waals surface area contributed by atoms with E-state index in [1.54, 1.807) is 37.7 Å². The number of aromatic amines is 1. The van der Waals surface area contributed by atoms with E-state index in [9.17, 15) is 4.79 Å². The third kappa shape index (κ3) is 4.01. The minimum Gasteiger partial charge on any atom is -0.495 e. The molecular weight excluding hydrogens is 426 g/mol. The van der Waals surface area contributed by atoms with Crippen LogP contribution in [0.15, 0.2) is 42.9 Å². The number of methoxy groups -OCH3 is 2. The predicted molar refractivity (Wildman–Crippen MR) is 120 cm³/mol. The summed E-state index contributed by atoms with van der Waals surface area (Å²) in [5.41, 5.74) is 3.40. The monoisotopic (exact) mass is 447 g/mol. The minimum atomic E-state index is -0.183. The number of H-pyrrole nitrogens is 1. The number of carbonyl (C=O) groups excluding carboxylic acids is 1. The van der Waals surface area contributed by atoms with Crippen molar-refractivity contribution in [3.05, 3.63) is 48.4 Å². The van der Waals surface area contributed by atoms with Crippen molar-refractivity contribution < 1.29 is 19.0 Å². The van der Waals surface area contributed by atoms with E-state index in [1.165, 1.54) is 7.11 Å². The minimum absolute atomic E-state index is 0.0440. The van der Waals surface area contributed by atoms with Gasteiger partial charge in [-0.3, -0.25) is 4.79 Å². The van der Waals surface area contributed by atoms with Gasteiger partial charge in [0.2, 0.25) is 11.8 Å². The van der Waals surface area contributed by atoms with Gasteiger partial charge >= 0.3 is 0 Å². The molecule has 1 saturated heterocycles. The van der Waals surface area contributed by atoms with Gasteiger partial charge in [-0.05, 0) is 24.3 Å². The van der Waals surface area contributed by atoms with E-state index < -0.39 is 0 Å². The fraction of sp³-hybridized carbons (Fsp3) is 0.227. The molecule has 0 unspecified atom stereocenters. The van der Waals surface area contributed by atoms with Gasteiger partial charge in [0, 0.05) is 22.9 Å².